The van der Waals surface area contributed by atoms with Gasteiger partial charge in [-0.15, -0.1) is 0 Å². The van der Waals surface area contributed by atoms with Crippen molar-refractivity contribution in [3.8, 4) is 5.75 Å². The van der Waals surface area contributed by atoms with Crippen LogP contribution in [-0.4, -0.2) is 17.6 Å². The van der Waals surface area contributed by atoms with Crippen molar-refractivity contribution in [1.82, 2.24) is 0 Å². The number of aromatic hydroxyl groups is 1. The van der Waals surface area contributed by atoms with Gasteiger partial charge >= 0.3 is 0 Å². The van der Waals surface area contributed by atoms with Gasteiger partial charge in [-0.3, -0.25) is 4.79 Å². The standard InChI is InChI=1S/C15H16ClN3O2/c16-13-8-10(17)7-12(15(18)21)14(13)19-6-5-9-1-3-11(20)4-2-9/h1-4,7-8,19-20H,5-6,17H2,(H2,18,21). The van der Waals surface area contributed by atoms with E-state index >= 15 is 0 Å². The number of primary amides is 1. The Bertz CT molecular complexity index is 657. The van der Waals surface area contributed by atoms with Crippen LogP contribution in [0.3, 0.4) is 0 Å². The zero-order valence-electron chi connectivity index (χ0n) is 11.3. The summed E-state index contributed by atoms with van der Waals surface area (Å²) < 4.78 is 0. The van der Waals surface area contributed by atoms with Gasteiger partial charge in [0.2, 0.25) is 0 Å². The highest BCUT2D eigenvalue weighted by Gasteiger charge is 2.12. The maximum atomic E-state index is 11.4. The number of phenolic OH excluding ortho intramolecular Hbond substituents is 1. The van der Waals surface area contributed by atoms with Gasteiger partial charge in [-0.1, -0.05) is 23.7 Å². The highest BCUT2D eigenvalue weighted by atomic mass is 35.5. The van der Waals surface area contributed by atoms with Crippen molar-refractivity contribution in [2.24, 2.45) is 5.73 Å². The third-order valence-corrected chi connectivity index (χ3v) is 3.33. The highest BCUT2D eigenvalue weighted by molar-refractivity contribution is 6.34. The van der Waals surface area contributed by atoms with Crippen LogP contribution in [0, 0.1) is 0 Å². The molecule has 0 unspecified atom stereocenters. The molecule has 0 heterocycles. The minimum atomic E-state index is -0.587. The minimum Gasteiger partial charge on any atom is -0.508 e. The van der Waals surface area contributed by atoms with Crippen LogP contribution in [0.25, 0.3) is 0 Å². The Balaban J connectivity index is 2.09. The molecule has 2 aromatic carbocycles. The first-order chi connectivity index (χ1) is 9.97. The molecule has 6 heteroatoms. The average molecular weight is 306 g/mol. The topological polar surface area (TPSA) is 101 Å². The van der Waals surface area contributed by atoms with Crippen molar-refractivity contribution < 1.29 is 9.90 Å². The molecule has 0 atom stereocenters. The van der Waals surface area contributed by atoms with E-state index in [1.54, 1.807) is 18.2 Å². The number of hydrogen-bond donors (Lipinski definition) is 4. The number of nitrogens with one attached hydrogen (secondary N) is 1. The molecule has 2 aromatic rings. The number of rotatable bonds is 5. The molecule has 2 rings (SSSR count). The van der Waals surface area contributed by atoms with Gasteiger partial charge in [0.25, 0.3) is 5.91 Å². The Morgan fingerprint density at radius 3 is 2.52 bits per heavy atom. The van der Waals surface area contributed by atoms with E-state index in [4.69, 9.17) is 23.1 Å². The summed E-state index contributed by atoms with van der Waals surface area (Å²) in [7, 11) is 0. The van der Waals surface area contributed by atoms with Gasteiger partial charge in [0.15, 0.2) is 0 Å². The van der Waals surface area contributed by atoms with E-state index in [-0.39, 0.29) is 11.3 Å². The molecule has 0 saturated carbocycles. The first-order valence-electron chi connectivity index (χ1n) is 6.38. The minimum absolute atomic E-state index is 0.226. The molecule has 110 valence electrons. The first kappa shape index (κ1) is 15.0. The molecule has 0 spiro atoms. The zero-order valence-corrected chi connectivity index (χ0v) is 12.0. The number of hydrogen-bond acceptors (Lipinski definition) is 4. The molecule has 0 aliphatic rings. The molecule has 0 aliphatic carbocycles. The number of benzene rings is 2. The van der Waals surface area contributed by atoms with E-state index < -0.39 is 5.91 Å². The second kappa shape index (κ2) is 6.37. The van der Waals surface area contributed by atoms with Crippen molar-refractivity contribution in [3.63, 3.8) is 0 Å². The molecule has 0 radical (unpaired) electrons. The van der Waals surface area contributed by atoms with Gasteiger partial charge in [0.05, 0.1) is 16.3 Å². The largest absolute Gasteiger partial charge is 0.508 e. The van der Waals surface area contributed by atoms with E-state index in [1.165, 1.54) is 6.07 Å². The lowest BCUT2D eigenvalue weighted by atomic mass is 10.1. The predicted octanol–water partition coefficient (Wildman–Crippen LogP) is 2.38. The van der Waals surface area contributed by atoms with Gasteiger partial charge < -0.3 is 21.9 Å². The molecule has 0 aromatic heterocycles. The van der Waals surface area contributed by atoms with Crippen LogP contribution in [0.4, 0.5) is 11.4 Å². The quantitative estimate of drug-likeness (QED) is 0.637. The molecule has 0 fully saturated rings. The SMILES string of the molecule is NC(=O)c1cc(N)cc(Cl)c1NCCc1ccc(O)cc1. The predicted molar refractivity (Wildman–Crippen MR) is 84.7 cm³/mol. The summed E-state index contributed by atoms with van der Waals surface area (Å²) in [5, 5.41) is 12.7. The zero-order chi connectivity index (χ0) is 15.4. The first-order valence-corrected chi connectivity index (χ1v) is 6.76. The number of nitrogens with two attached hydrogens (primary N) is 2. The maximum absolute atomic E-state index is 11.4. The third kappa shape index (κ3) is 3.79. The lowest BCUT2D eigenvalue weighted by molar-refractivity contribution is 0.100. The lowest BCUT2D eigenvalue weighted by Crippen LogP contribution is -2.16. The van der Waals surface area contributed by atoms with Gasteiger partial charge in [-0.2, -0.15) is 0 Å². The van der Waals surface area contributed by atoms with Gasteiger partial charge in [-0.25, -0.2) is 0 Å². The average Bonchev–Trinajstić information content (AvgIpc) is 2.42. The van der Waals surface area contributed by atoms with E-state index in [9.17, 15) is 9.90 Å². The van der Waals surface area contributed by atoms with E-state index in [1.807, 2.05) is 12.1 Å². The van der Waals surface area contributed by atoms with Crippen LogP contribution in [0.15, 0.2) is 36.4 Å². The van der Waals surface area contributed by atoms with Gasteiger partial charge in [0, 0.05) is 12.2 Å². The van der Waals surface area contributed by atoms with E-state index in [0.29, 0.717) is 29.4 Å². The van der Waals surface area contributed by atoms with Crippen LogP contribution in [0.5, 0.6) is 5.75 Å². The Hall–Kier alpha value is -2.40. The van der Waals surface area contributed by atoms with Crippen LogP contribution in [-0.2, 0) is 6.42 Å². The summed E-state index contributed by atoms with van der Waals surface area (Å²) in [6.07, 6.45) is 0.708. The second-order valence-electron chi connectivity index (χ2n) is 4.63. The summed E-state index contributed by atoms with van der Waals surface area (Å²) in [6.45, 7) is 0.564. The van der Waals surface area contributed by atoms with Gasteiger partial charge in [0.1, 0.15) is 5.75 Å². The summed E-state index contributed by atoms with van der Waals surface area (Å²) in [5.74, 6) is -0.361. The van der Waals surface area contributed by atoms with Crippen molar-refractivity contribution in [2.45, 2.75) is 6.42 Å². The Kier molecular flexibility index (Phi) is 4.55. The van der Waals surface area contributed by atoms with E-state index in [2.05, 4.69) is 5.32 Å². The summed E-state index contributed by atoms with van der Waals surface area (Å²) in [4.78, 5) is 11.4. The number of phenols is 1. The maximum Gasteiger partial charge on any atom is 0.250 e. The Morgan fingerprint density at radius 1 is 1.24 bits per heavy atom. The normalized spacial score (nSPS) is 10.3. The Labute approximate surface area is 127 Å². The van der Waals surface area contributed by atoms with Crippen LogP contribution < -0.4 is 16.8 Å². The molecular weight excluding hydrogens is 290 g/mol. The molecule has 5 nitrogen and oxygen atoms in total. The molecule has 0 saturated heterocycles. The van der Waals surface area contributed by atoms with Crippen molar-refractivity contribution in [2.75, 3.05) is 17.6 Å². The fraction of sp³-hybridized carbons (Fsp3) is 0.133. The number of carbonyl (C=O) groups excluding carboxylic acids is 1. The summed E-state index contributed by atoms with van der Waals surface area (Å²) >= 11 is 6.10. The molecule has 1 amide bonds. The van der Waals surface area contributed by atoms with Crippen LogP contribution >= 0.6 is 11.6 Å². The van der Waals surface area contributed by atoms with Crippen LogP contribution in [0.2, 0.25) is 5.02 Å². The lowest BCUT2D eigenvalue weighted by Gasteiger charge is -2.13. The Morgan fingerprint density at radius 2 is 1.90 bits per heavy atom. The third-order valence-electron chi connectivity index (χ3n) is 3.03. The van der Waals surface area contributed by atoms with E-state index in [0.717, 1.165) is 5.56 Å². The van der Waals surface area contributed by atoms with Crippen molar-refractivity contribution in [3.05, 3.63) is 52.5 Å². The number of amides is 1. The number of anilines is 2. The molecule has 0 bridgehead atoms. The number of carbonyl (C=O) groups is 1. The number of nitrogen functional groups attached to an aromatic ring is 1. The molecular formula is C15H16ClN3O2. The van der Waals surface area contributed by atoms with Gasteiger partial charge in [-0.05, 0) is 36.2 Å². The summed E-state index contributed by atoms with van der Waals surface area (Å²) in [6, 6.07) is 9.97. The smallest absolute Gasteiger partial charge is 0.250 e. The van der Waals surface area contributed by atoms with Crippen molar-refractivity contribution in [1.29, 1.82) is 0 Å². The monoisotopic (exact) mass is 305 g/mol. The second-order valence-corrected chi connectivity index (χ2v) is 5.04. The summed E-state index contributed by atoms with van der Waals surface area (Å²) in [5.41, 5.74) is 13.2. The number of halogens is 1. The highest BCUT2D eigenvalue weighted by Crippen LogP contribution is 2.29. The molecule has 6 N–H and O–H groups in total. The molecule has 21 heavy (non-hydrogen) atoms. The fourth-order valence-corrected chi connectivity index (χ4v) is 2.29. The fourth-order valence-electron chi connectivity index (χ4n) is 2.00. The van der Waals surface area contributed by atoms with Crippen molar-refractivity contribution >= 4 is 28.9 Å². The molecule has 0 aliphatic heterocycles. The van der Waals surface area contributed by atoms with Crippen LogP contribution in [0.1, 0.15) is 15.9 Å².